The normalized spacial score (nSPS) is 11.0. The van der Waals surface area contributed by atoms with Gasteiger partial charge in [0, 0.05) is 33.7 Å². The molecule has 0 radical (unpaired) electrons. The van der Waals surface area contributed by atoms with E-state index in [0.717, 1.165) is 27.3 Å². The Hall–Kier alpha value is -1.57. The Kier molecular flexibility index (Phi) is 4.14. The molecule has 3 N–H and O–H groups in total. The van der Waals surface area contributed by atoms with E-state index >= 15 is 0 Å². The molecule has 0 amide bonds. The average Bonchev–Trinajstić information content (AvgIpc) is 3.02. The predicted molar refractivity (Wildman–Crippen MR) is 87.7 cm³/mol. The number of nitrogens with one attached hydrogen (secondary N) is 2. The van der Waals surface area contributed by atoms with E-state index in [1.54, 1.807) is 0 Å². The van der Waals surface area contributed by atoms with Gasteiger partial charge >= 0.3 is 0 Å². The van der Waals surface area contributed by atoms with Gasteiger partial charge in [-0.15, -0.1) is 0 Å². The van der Waals surface area contributed by atoms with Gasteiger partial charge in [-0.3, -0.25) is 0 Å². The van der Waals surface area contributed by atoms with Crippen molar-refractivity contribution in [3.05, 3.63) is 29.4 Å². The van der Waals surface area contributed by atoms with Crippen molar-refractivity contribution >= 4 is 51.8 Å². The zero-order chi connectivity index (χ0) is 14.8. The first kappa shape index (κ1) is 14.4. The van der Waals surface area contributed by atoms with E-state index < -0.39 is 0 Å². The van der Waals surface area contributed by atoms with Crippen LogP contribution < -0.4 is 9.46 Å². The van der Waals surface area contributed by atoms with Gasteiger partial charge in [-0.25, -0.2) is 0 Å². The van der Waals surface area contributed by atoms with Crippen molar-refractivity contribution in [2.45, 2.75) is 11.8 Å². The quantitative estimate of drug-likeness (QED) is 0.596. The number of aromatic amines is 1. The maximum absolute atomic E-state index is 9.96. The number of halogens is 1. The van der Waals surface area contributed by atoms with Crippen LogP contribution in [0.15, 0.2) is 29.3 Å². The van der Waals surface area contributed by atoms with Crippen LogP contribution in [0.1, 0.15) is 6.92 Å². The van der Waals surface area contributed by atoms with Gasteiger partial charge < -0.3 is 19.5 Å². The van der Waals surface area contributed by atoms with Crippen LogP contribution in [0.5, 0.6) is 10.8 Å². The van der Waals surface area contributed by atoms with Gasteiger partial charge in [-0.1, -0.05) is 17.7 Å². The molecule has 1 aromatic carbocycles. The summed E-state index contributed by atoms with van der Waals surface area (Å²) in [7, 11) is 0. The van der Waals surface area contributed by atoms with E-state index in [2.05, 4.69) is 14.1 Å². The number of rotatable bonds is 5. The Labute approximate surface area is 134 Å². The van der Waals surface area contributed by atoms with Crippen molar-refractivity contribution in [3.8, 4) is 10.8 Å². The van der Waals surface area contributed by atoms with Crippen LogP contribution in [-0.2, 0) is 0 Å². The van der Waals surface area contributed by atoms with Crippen molar-refractivity contribution in [1.82, 2.24) is 9.36 Å². The molecule has 5 nitrogen and oxygen atoms in total. The highest BCUT2D eigenvalue weighted by Gasteiger charge is 2.14. The number of hydrogen-bond donors (Lipinski definition) is 3. The first-order valence-electron chi connectivity index (χ1n) is 6.20. The number of nitrogens with zero attached hydrogens (tertiary/aromatic N) is 1. The number of benzene rings is 1. The minimum absolute atomic E-state index is 0.0391. The second-order valence-electron chi connectivity index (χ2n) is 4.15. The average molecular weight is 342 g/mol. The van der Waals surface area contributed by atoms with Crippen LogP contribution in [0.4, 0.5) is 5.82 Å². The lowest BCUT2D eigenvalue weighted by atomic mass is 10.2. The van der Waals surface area contributed by atoms with Crippen LogP contribution in [0, 0.1) is 0 Å². The van der Waals surface area contributed by atoms with Crippen molar-refractivity contribution in [3.63, 3.8) is 0 Å². The van der Waals surface area contributed by atoms with Crippen LogP contribution >= 0.6 is 35.1 Å². The molecule has 0 fully saturated rings. The Bertz CT molecular complexity index is 772. The van der Waals surface area contributed by atoms with Crippen LogP contribution in [0.3, 0.4) is 0 Å². The molecule has 0 saturated heterocycles. The van der Waals surface area contributed by atoms with Gasteiger partial charge in [0.2, 0.25) is 10.8 Å². The minimum Gasteiger partial charge on any atom is -0.501 e. The van der Waals surface area contributed by atoms with Crippen LogP contribution in [-0.4, -0.2) is 21.1 Å². The van der Waals surface area contributed by atoms with Gasteiger partial charge in [0.15, 0.2) is 5.82 Å². The SMILES string of the molecule is CCOc1snc(NSc2c[nH]c3cc(Cl)ccc23)c1O. The lowest BCUT2D eigenvalue weighted by Gasteiger charge is -2.02. The number of hydrogen-bond acceptors (Lipinski definition) is 6. The number of H-pyrrole nitrogens is 1. The summed E-state index contributed by atoms with van der Waals surface area (Å²) in [5, 5.41) is 12.1. The van der Waals surface area contributed by atoms with Gasteiger partial charge in [-0.2, -0.15) is 4.37 Å². The first-order valence-corrected chi connectivity index (χ1v) is 8.16. The van der Waals surface area contributed by atoms with Gasteiger partial charge in [-0.05, 0) is 31.0 Å². The molecule has 3 aromatic rings. The van der Waals surface area contributed by atoms with Crippen molar-refractivity contribution < 1.29 is 9.84 Å². The smallest absolute Gasteiger partial charge is 0.238 e. The molecule has 0 saturated carbocycles. The standard InChI is InChI=1S/C13H12ClN3O2S2/c1-2-19-13-11(18)12(17-21-13)16-20-10-6-15-9-5-7(14)3-4-8(9)10/h3-6,15,18H,2H2,1H3,(H,16,17). The topological polar surface area (TPSA) is 70.2 Å². The van der Waals surface area contributed by atoms with E-state index in [1.165, 1.54) is 11.9 Å². The zero-order valence-corrected chi connectivity index (χ0v) is 13.4. The highest BCUT2D eigenvalue weighted by atomic mass is 35.5. The van der Waals surface area contributed by atoms with Gasteiger partial charge in [0.1, 0.15) is 0 Å². The van der Waals surface area contributed by atoms with Crippen LogP contribution in [0.2, 0.25) is 5.02 Å². The third-order valence-corrected chi connectivity index (χ3v) is 4.62. The summed E-state index contributed by atoms with van der Waals surface area (Å²) in [6.45, 7) is 2.35. The monoisotopic (exact) mass is 341 g/mol. The summed E-state index contributed by atoms with van der Waals surface area (Å²) in [5.74, 6) is 0.439. The van der Waals surface area contributed by atoms with Crippen LogP contribution in [0.25, 0.3) is 10.9 Å². The third kappa shape index (κ3) is 2.90. The number of aromatic nitrogens is 2. The molecule has 0 aliphatic heterocycles. The highest BCUT2D eigenvalue weighted by molar-refractivity contribution is 8.00. The minimum atomic E-state index is 0.0391. The number of ether oxygens (including phenoxy) is 1. The maximum atomic E-state index is 9.96. The molecule has 0 atom stereocenters. The highest BCUT2D eigenvalue weighted by Crippen LogP contribution is 2.40. The fraction of sp³-hybridized carbons (Fsp3) is 0.154. The summed E-state index contributed by atoms with van der Waals surface area (Å²) < 4.78 is 12.4. The van der Waals surface area contributed by atoms with E-state index in [1.807, 2.05) is 31.3 Å². The zero-order valence-electron chi connectivity index (χ0n) is 11.0. The maximum Gasteiger partial charge on any atom is 0.238 e. The lowest BCUT2D eigenvalue weighted by molar-refractivity contribution is 0.329. The largest absolute Gasteiger partial charge is 0.501 e. The summed E-state index contributed by atoms with van der Waals surface area (Å²) in [5.41, 5.74) is 0.962. The fourth-order valence-corrected chi connectivity index (χ4v) is 3.47. The van der Waals surface area contributed by atoms with Gasteiger partial charge in [0.25, 0.3) is 0 Å². The number of anilines is 1. The molecule has 3 rings (SSSR count). The second-order valence-corrected chi connectivity index (χ2v) is 6.17. The molecule has 2 aromatic heterocycles. The predicted octanol–water partition coefficient (Wildman–Crippen LogP) is 4.50. The third-order valence-electron chi connectivity index (χ3n) is 2.78. The molecular weight excluding hydrogens is 330 g/mol. The molecule has 0 aliphatic carbocycles. The molecule has 110 valence electrons. The molecule has 0 aliphatic rings. The Morgan fingerprint density at radius 1 is 1.52 bits per heavy atom. The number of aromatic hydroxyl groups is 1. The molecular formula is C13H12ClN3O2S2. The van der Waals surface area contributed by atoms with Gasteiger partial charge in [0.05, 0.1) is 11.5 Å². The molecule has 21 heavy (non-hydrogen) atoms. The van der Waals surface area contributed by atoms with Crippen molar-refractivity contribution in [1.29, 1.82) is 0 Å². The molecule has 8 heteroatoms. The number of fused-ring (bicyclic) bond motifs is 1. The Morgan fingerprint density at radius 2 is 2.38 bits per heavy atom. The summed E-state index contributed by atoms with van der Waals surface area (Å²) >= 11 is 8.44. The van der Waals surface area contributed by atoms with E-state index in [9.17, 15) is 5.11 Å². The Morgan fingerprint density at radius 3 is 3.19 bits per heavy atom. The summed E-state index contributed by atoms with van der Waals surface area (Å²) in [6, 6.07) is 5.66. The molecule has 2 heterocycles. The first-order chi connectivity index (χ1) is 10.2. The van der Waals surface area contributed by atoms with E-state index in [-0.39, 0.29) is 5.75 Å². The van der Waals surface area contributed by atoms with Crippen molar-refractivity contribution in [2.24, 2.45) is 0 Å². The summed E-state index contributed by atoms with van der Waals surface area (Å²) in [4.78, 5) is 4.15. The van der Waals surface area contributed by atoms with Crippen molar-refractivity contribution in [2.75, 3.05) is 11.3 Å². The molecule has 0 bridgehead atoms. The summed E-state index contributed by atoms with van der Waals surface area (Å²) in [6.07, 6.45) is 1.88. The molecule has 0 unspecified atom stereocenters. The lowest BCUT2D eigenvalue weighted by Crippen LogP contribution is -1.89. The fourth-order valence-electron chi connectivity index (χ4n) is 1.82. The second kappa shape index (κ2) is 6.05. The molecule has 0 spiro atoms. The van der Waals surface area contributed by atoms with E-state index in [0.29, 0.717) is 22.5 Å². The van der Waals surface area contributed by atoms with E-state index in [4.69, 9.17) is 16.3 Å². The Balaban J connectivity index is 1.77.